The van der Waals surface area contributed by atoms with Gasteiger partial charge in [-0.15, -0.1) is 0 Å². The zero-order valence-corrected chi connectivity index (χ0v) is 42.3. The van der Waals surface area contributed by atoms with E-state index in [4.69, 9.17) is 40.2 Å². The first kappa shape index (κ1) is 59.6. The molecule has 0 radical (unpaired) electrons. The molecular formula is C40H55N8O23P3. The minimum absolute atomic E-state index is 0.0245. The molecule has 0 spiro atoms. The molecule has 2 saturated heterocycles. The van der Waals surface area contributed by atoms with Crippen molar-refractivity contribution in [1.29, 1.82) is 0 Å². The van der Waals surface area contributed by atoms with Gasteiger partial charge in [0, 0.05) is 48.5 Å². The highest BCUT2D eigenvalue weighted by atomic mass is 31.3. The average molecular weight is 1110 g/mol. The van der Waals surface area contributed by atoms with Crippen LogP contribution in [0.5, 0.6) is 0 Å². The number of phosphoric ester groups is 1. The molecule has 4 unspecified atom stereocenters. The van der Waals surface area contributed by atoms with Gasteiger partial charge in [-0.05, 0) is 24.0 Å². The largest absolute Gasteiger partial charge is 0.490 e. The van der Waals surface area contributed by atoms with Crippen molar-refractivity contribution in [3.63, 3.8) is 0 Å². The lowest BCUT2D eigenvalue weighted by Crippen LogP contribution is -2.29. The van der Waals surface area contributed by atoms with Crippen LogP contribution < -0.4 is 22.8 Å². The quantitative estimate of drug-likeness (QED) is 0.0310. The van der Waals surface area contributed by atoms with Crippen LogP contribution in [0.4, 0.5) is 23.0 Å². The van der Waals surface area contributed by atoms with Crippen LogP contribution in [0.3, 0.4) is 0 Å². The van der Waals surface area contributed by atoms with E-state index >= 15 is 0 Å². The predicted molar refractivity (Wildman–Crippen MR) is 253 cm³/mol. The normalized spacial score (nSPS) is 22.4. The van der Waals surface area contributed by atoms with Crippen LogP contribution in [0.25, 0.3) is 0 Å². The predicted octanol–water partition coefficient (Wildman–Crippen LogP) is 2.93. The van der Waals surface area contributed by atoms with E-state index in [1.807, 2.05) is 13.8 Å². The van der Waals surface area contributed by atoms with Crippen molar-refractivity contribution in [2.45, 2.75) is 103 Å². The Morgan fingerprint density at radius 2 is 1.11 bits per heavy atom. The van der Waals surface area contributed by atoms with Crippen molar-refractivity contribution in [2.75, 3.05) is 24.7 Å². The number of benzene rings is 2. The van der Waals surface area contributed by atoms with Gasteiger partial charge in [-0.25, -0.2) is 23.3 Å². The number of phosphoric acid groups is 3. The summed E-state index contributed by atoms with van der Waals surface area (Å²) in [4.78, 5) is 90.4. The summed E-state index contributed by atoms with van der Waals surface area (Å²) in [6, 6.07) is 12.4. The smallest absolute Gasteiger partial charge is 0.394 e. The van der Waals surface area contributed by atoms with E-state index in [0.717, 1.165) is 4.57 Å². The topological polar surface area (TPSA) is 466 Å². The van der Waals surface area contributed by atoms with Crippen LogP contribution in [-0.4, -0.2) is 101 Å². The molecule has 10 atom stereocenters. The van der Waals surface area contributed by atoms with Gasteiger partial charge in [0.05, 0.1) is 71.8 Å². The summed E-state index contributed by atoms with van der Waals surface area (Å²) in [6.07, 6.45) is -5.34. The highest BCUT2D eigenvalue weighted by Crippen LogP contribution is 2.66. The average Bonchev–Trinajstić information content (AvgIpc) is 3.86. The lowest BCUT2D eigenvalue weighted by Gasteiger charge is -2.23. The summed E-state index contributed by atoms with van der Waals surface area (Å²) in [6.45, 7) is 5.74. The molecule has 34 heteroatoms. The molecule has 31 nitrogen and oxygen atoms in total. The molecule has 2 aliphatic rings. The summed E-state index contributed by atoms with van der Waals surface area (Å²) < 4.78 is 71.1. The minimum Gasteiger partial charge on any atom is -0.394 e. The summed E-state index contributed by atoms with van der Waals surface area (Å²) >= 11 is 0. The Balaban J connectivity index is 0.000000288. The summed E-state index contributed by atoms with van der Waals surface area (Å²) in [5.41, 5.74) is 11.4. The van der Waals surface area contributed by atoms with Crippen LogP contribution in [0.1, 0.15) is 87.5 Å². The molecular weight excluding hydrogens is 1050 g/mol. The maximum absolute atomic E-state index is 12.6. The summed E-state index contributed by atoms with van der Waals surface area (Å²) in [7, 11) is -16.8. The Morgan fingerprint density at radius 3 is 1.49 bits per heavy atom. The number of anilines is 2. The number of hydrogen-bond donors (Lipinski definition) is 9. The van der Waals surface area contributed by atoms with Crippen LogP contribution >= 0.6 is 23.5 Å². The van der Waals surface area contributed by atoms with Crippen molar-refractivity contribution in [2.24, 2.45) is 11.8 Å². The van der Waals surface area contributed by atoms with E-state index in [2.05, 4.69) is 23.1 Å². The van der Waals surface area contributed by atoms with Gasteiger partial charge in [0.1, 0.15) is 36.3 Å². The summed E-state index contributed by atoms with van der Waals surface area (Å²) in [5, 5.41) is 52.5. The fraction of sp³-hybridized carbons (Fsp3) is 0.500. The lowest BCUT2D eigenvalue weighted by atomic mass is 9.97. The van der Waals surface area contributed by atoms with Gasteiger partial charge < -0.3 is 65.3 Å². The van der Waals surface area contributed by atoms with Gasteiger partial charge in [-0.2, -0.15) is 18.6 Å². The number of nitro groups is 2. The maximum Gasteiger partial charge on any atom is 0.490 e. The first-order valence-electron chi connectivity index (χ1n) is 22.0. The Morgan fingerprint density at radius 1 is 0.703 bits per heavy atom. The standard InChI is InChI=1S/C20H29N4O16P3.C20H26N4O7/c1-11(2)18(13-5-3-4-6-14(13)24(27)28)36-9-12-8-23(20(26)22-19(12)21)17-7-15(25)16(38-17)10-37-42(32,33)40-43(34,35)39-41(29,30)31;1-11(2)18(13-5-3-4-6-14(13)24(28)29)30-10-12-8-23(20(27)22-19(12)21)17-7-15(26)16(9-25)31-17/h3-6,8,11,15-18,25H,7,9-10H2,1-2H3,(H,32,33)(H,34,35)(H2,21,22,26)(H2,29,30,31);3-6,8,11,15-18,25-26H,7,9-10H2,1-2H3,(H2,21,22,27)/t2*15?,16-,17-,18+/m11/s1. The first-order chi connectivity index (χ1) is 34.5. The van der Waals surface area contributed by atoms with E-state index < -0.39 is 100 Å². The highest BCUT2D eigenvalue weighted by Gasteiger charge is 2.43. The van der Waals surface area contributed by atoms with Crippen LogP contribution in [0.2, 0.25) is 0 Å². The Hall–Kier alpha value is -5.27. The second-order valence-corrected chi connectivity index (χ2v) is 21.6. The molecule has 11 N–H and O–H groups in total. The molecule has 2 aliphatic heterocycles. The number of aliphatic hydroxyl groups is 3. The number of rotatable bonds is 22. The van der Waals surface area contributed by atoms with Gasteiger partial charge in [0.25, 0.3) is 11.4 Å². The van der Waals surface area contributed by atoms with Crippen molar-refractivity contribution in [3.8, 4) is 0 Å². The molecule has 74 heavy (non-hydrogen) atoms. The van der Waals surface area contributed by atoms with E-state index in [9.17, 15) is 68.6 Å². The molecule has 0 amide bonds. The van der Waals surface area contributed by atoms with Gasteiger partial charge in [-0.3, -0.25) is 33.9 Å². The summed E-state index contributed by atoms with van der Waals surface area (Å²) in [5.74, 6) is -0.526. The van der Waals surface area contributed by atoms with Crippen molar-refractivity contribution in [1.82, 2.24) is 19.1 Å². The third-order valence-corrected chi connectivity index (χ3v) is 14.9. The molecule has 0 bridgehead atoms. The number of aliphatic hydroxyl groups excluding tert-OH is 3. The zero-order chi connectivity index (χ0) is 55.0. The molecule has 0 aliphatic carbocycles. The molecule has 4 aromatic rings. The first-order valence-corrected chi connectivity index (χ1v) is 26.5. The maximum atomic E-state index is 12.6. The number of nitrogens with two attached hydrogens (primary N) is 2. The number of para-hydroxylation sites is 2. The van der Waals surface area contributed by atoms with Gasteiger partial charge >= 0.3 is 34.8 Å². The van der Waals surface area contributed by atoms with E-state index in [0.29, 0.717) is 16.7 Å². The molecule has 2 fully saturated rings. The number of nitro benzene ring substituents is 2. The SMILES string of the molecule is CC(C)[C@H](OCc1cn([C@H]2CC(O)[C@@H](CO)O2)c(=O)nc1N)c1ccccc1[N+](=O)[O-].CC(C)[C@H](OCc1cn([C@H]2CC(O)[C@@H](COP(=O)(O)OP(=O)(O)OP(=O)(O)O)O2)c(=O)nc1N)c1ccccc1[N+](=O)[O-]. The van der Waals surface area contributed by atoms with E-state index in [-0.39, 0.29) is 73.1 Å². The number of aromatic nitrogens is 4. The lowest BCUT2D eigenvalue weighted by molar-refractivity contribution is -0.386. The molecule has 0 saturated carbocycles. The third-order valence-electron chi connectivity index (χ3n) is 11.1. The van der Waals surface area contributed by atoms with E-state index in [1.165, 1.54) is 35.2 Å². The van der Waals surface area contributed by atoms with Crippen LogP contribution in [0.15, 0.2) is 70.5 Å². The molecule has 4 heterocycles. The molecule has 6 rings (SSSR count). The number of nitrogens with zero attached hydrogens (tertiary/aromatic N) is 6. The zero-order valence-electron chi connectivity index (χ0n) is 39.6. The Labute approximate surface area is 419 Å². The fourth-order valence-corrected chi connectivity index (χ4v) is 10.7. The molecule has 2 aromatic carbocycles. The molecule has 408 valence electrons. The second-order valence-electron chi connectivity index (χ2n) is 17.2. The Kier molecular flexibility index (Phi) is 20.2. The van der Waals surface area contributed by atoms with Crippen LogP contribution in [0, 0.1) is 32.1 Å². The monoisotopic (exact) mass is 1110 g/mol. The molecule has 2 aromatic heterocycles. The van der Waals surface area contributed by atoms with Crippen molar-refractivity contribution in [3.05, 3.63) is 124 Å². The van der Waals surface area contributed by atoms with Crippen molar-refractivity contribution >= 4 is 46.5 Å². The minimum atomic E-state index is -5.75. The fourth-order valence-electron chi connectivity index (χ4n) is 7.67. The van der Waals surface area contributed by atoms with Gasteiger partial charge in [-0.1, -0.05) is 52.0 Å². The van der Waals surface area contributed by atoms with Crippen molar-refractivity contribution < 1.29 is 90.5 Å². The Bertz CT molecular complexity index is 2900. The van der Waals surface area contributed by atoms with Crippen LogP contribution in [-0.2, 0) is 59.0 Å². The highest BCUT2D eigenvalue weighted by molar-refractivity contribution is 7.66. The van der Waals surface area contributed by atoms with Gasteiger partial charge in [0.2, 0.25) is 0 Å². The van der Waals surface area contributed by atoms with Gasteiger partial charge in [0.15, 0.2) is 0 Å². The third kappa shape index (κ3) is 15.9. The number of hydrogen-bond acceptors (Lipinski definition) is 23. The second kappa shape index (κ2) is 25.0. The number of ether oxygens (including phenoxy) is 4. The number of nitrogen functional groups attached to an aromatic ring is 2. The van der Waals surface area contributed by atoms with E-state index in [1.54, 1.807) is 44.2 Å².